The molecule has 0 aliphatic carbocycles. The number of furan rings is 1. The maximum atomic E-state index is 6.58. The van der Waals surface area contributed by atoms with Gasteiger partial charge in [0.2, 0.25) is 5.69 Å². The number of rotatable bonds is 2. The lowest BCUT2D eigenvalue weighted by Gasteiger charge is -2.24. The number of pyridine rings is 1. The first-order valence-electron chi connectivity index (χ1n) is 13.7. The topological polar surface area (TPSA) is 42.8 Å². The van der Waals surface area contributed by atoms with Crippen LogP contribution in [0.4, 0.5) is 0 Å². The van der Waals surface area contributed by atoms with E-state index in [2.05, 4.69) is 133 Å². The van der Waals surface area contributed by atoms with Crippen molar-refractivity contribution in [2.45, 2.75) is 59.3 Å². The minimum atomic E-state index is -0.0774. The molecular formula is C35H36N3O+. The van der Waals surface area contributed by atoms with E-state index in [0.717, 1.165) is 56.0 Å². The first-order chi connectivity index (χ1) is 18.4. The second-order valence-corrected chi connectivity index (χ2v) is 12.8. The summed E-state index contributed by atoms with van der Waals surface area (Å²) in [5, 5.41) is 4.61. The number of nitrogens with zero attached hydrogens (tertiary/aromatic N) is 3. The Hall–Kier alpha value is -4.05. The van der Waals surface area contributed by atoms with Crippen LogP contribution in [0, 0.1) is 6.92 Å². The predicted molar refractivity (Wildman–Crippen MR) is 161 cm³/mol. The van der Waals surface area contributed by atoms with Gasteiger partial charge in [-0.1, -0.05) is 71.9 Å². The van der Waals surface area contributed by atoms with E-state index < -0.39 is 0 Å². The van der Waals surface area contributed by atoms with Gasteiger partial charge < -0.3 is 4.42 Å². The van der Waals surface area contributed by atoms with Crippen LogP contribution < -0.4 is 4.57 Å². The van der Waals surface area contributed by atoms with Gasteiger partial charge in [-0.2, -0.15) is 0 Å². The van der Waals surface area contributed by atoms with Crippen LogP contribution in [0.1, 0.15) is 58.5 Å². The lowest BCUT2D eigenvalue weighted by atomic mass is 9.86. The molecule has 3 heterocycles. The fraction of sp³-hybridized carbons (Fsp3) is 0.286. The van der Waals surface area contributed by atoms with Crippen LogP contribution in [0.2, 0.25) is 0 Å². The third-order valence-corrected chi connectivity index (χ3v) is 7.63. The number of hydrogen-bond acceptors (Lipinski definition) is 3. The zero-order valence-electron chi connectivity index (χ0n) is 24.2. The molecule has 0 spiro atoms. The summed E-state index contributed by atoms with van der Waals surface area (Å²) in [6.45, 7) is 15.4. The summed E-state index contributed by atoms with van der Waals surface area (Å²) >= 11 is 0. The second kappa shape index (κ2) is 8.74. The summed E-state index contributed by atoms with van der Waals surface area (Å²) in [5.74, 6) is 0.761. The molecule has 6 aromatic rings. The highest BCUT2D eigenvalue weighted by atomic mass is 16.3. The first kappa shape index (κ1) is 25.2. The molecule has 3 aromatic carbocycles. The molecule has 0 bridgehead atoms. The normalized spacial score (nSPS) is 12.6. The first-order valence-corrected chi connectivity index (χ1v) is 13.7. The maximum Gasteiger partial charge on any atom is 0.216 e. The van der Waals surface area contributed by atoms with Crippen molar-refractivity contribution < 1.29 is 8.98 Å². The Morgan fingerprint density at radius 2 is 1.38 bits per heavy atom. The Labute approximate surface area is 230 Å². The summed E-state index contributed by atoms with van der Waals surface area (Å²) in [5.41, 5.74) is 8.17. The van der Waals surface area contributed by atoms with Gasteiger partial charge in [0.1, 0.15) is 18.2 Å². The smallest absolute Gasteiger partial charge is 0.216 e. The van der Waals surface area contributed by atoms with Crippen LogP contribution in [0.15, 0.2) is 77.3 Å². The minimum Gasteiger partial charge on any atom is -0.455 e. The van der Waals surface area contributed by atoms with E-state index in [1.54, 1.807) is 0 Å². The van der Waals surface area contributed by atoms with Crippen molar-refractivity contribution >= 4 is 32.7 Å². The van der Waals surface area contributed by atoms with Gasteiger partial charge in [-0.05, 0) is 48.2 Å². The molecule has 4 nitrogen and oxygen atoms in total. The Morgan fingerprint density at radius 3 is 2.05 bits per heavy atom. The van der Waals surface area contributed by atoms with Crippen molar-refractivity contribution in [2.24, 2.45) is 7.05 Å². The van der Waals surface area contributed by atoms with Crippen molar-refractivity contribution in [3.8, 4) is 22.6 Å². The zero-order chi connectivity index (χ0) is 27.7. The summed E-state index contributed by atoms with van der Waals surface area (Å²) < 4.78 is 8.78. The van der Waals surface area contributed by atoms with Crippen LogP contribution >= 0.6 is 0 Å². The molecule has 0 aliphatic heterocycles. The van der Waals surface area contributed by atoms with E-state index in [0.29, 0.717) is 0 Å². The largest absolute Gasteiger partial charge is 0.455 e. The van der Waals surface area contributed by atoms with Gasteiger partial charge in [-0.25, -0.2) is 14.5 Å². The van der Waals surface area contributed by atoms with Crippen molar-refractivity contribution in [1.82, 2.24) is 9.97 Å². The number of aromatic nitrogens is 3. The van der Waals surface area contributed by atoms with E-state index >= 15 is 0 Å². The van der Waals surface area contributed by atoms with E-state index in [9.17, 15) is 0 Å². The van der Waals surface area contributed by atoms with Gasteiger partial charge in [-0.15, -0.1) is 0 Å². The number of hydrogen-bond donors (Lipinski definition) is 0. The fourth-order valence-corrected chi connectivity index (χ4v) is 5.28. The molecular weight excluding hydrogens is 478 g/mol. The molecule has 0 amide bonds. The summed E-state index contributed by atoms with van der Waals surface area (Å²) in [6, 6.07) is 23.6. The molecule has 196 valence electrons. The van der Waals surface area contributed by atoms with Gasteiger partial charge in [0.25, 0.3) is 0 Å². The molecule has 4 heteroatoms. The Morgan fingerprint density at radius 1 is 0.718 bits per heavy atom. The monoisotopic (exact) mass is 514 g/mol. The average molecular weight is 515 g/mol. The Balaban J connectivity index is 1.58. The highest BCUT2D eigenvalue weighted by molar-refractivity contribution is 6.10. The van der Waals surface area contributed by atoms with Gasteiger partial charge in [-0.3, -0.25) is 0 Å². The molecule has 6 rings (SSSR count). The molecule has 0 saturated carbocycles. The van der Waals surface area contributed by atoms with Gasteiger partial charge in [0.15, 0.2) is 12.0 Å². The lowest BCUT2D eigenvalue weighted by Crippen LogP contribution is -2.30. The maximum absolute atomic E-state index is 6.58. The summed E-state index contributed by atoms with van der Waals surface area (Å²) in [7, 11) is 2.10. The molecule has 0 N–H and O–H groups in total. The fourth-order valence-electron chi connectivity index (χ4n) is 5.28. The van der Waals surface area contributed by atoms with Crippen molar-refractivity contribution in [3.63, 3.8) is 0 Å². The number of benzene rings is 3. The highest BCUT2D eigenvalue weighted by Gasteiger charge is 2.25. The third-order valence-electron chi connectivity index (χ3n) is 7.63. The van der Waals surface area contributed by atoms with Crippen LogP contribution in [-0.2, 0) is 17.9 Å². The summed E-state index contributed by atoms with van der Waals surface area (Å²) in [4.78, 5) is 10.1. The molecule has 0 radical (unpaired) electrons. The molecule has 0 unspecified atom stereocenters. The van der Waals surface area contributed by atoms with Crippen LogP contribution in [0.3, 0.4) is 0 Å². The zero-order valence-corrected chi connectivity index (χ0v) is 24.2. The molecule has 0 aliphatic rings. The molecule has 0 atom stereocenters. The minimum absolute atomic E-state index is 0.0774. The predicted octanol–water partition coefficient (Wildman–Crippen LogP) is 8.59. The van der Waals surface area contributed by atoms with E-state index in [-0.39, 0.29) is 10.8 Å². The van der Waals surface area contributed by atoms with Gasteiger partial charge in [0, 0.05) is 38.6 Å². The van der Waals surface area contributed by atoms with Crippen LogP contribution in [-0.4, -0.2) is 9.97 Å². The molecule has 0 fully saturated rings. The molecule has 0 saturated heterocycles. The van der Waals surface area contributed by atoms with Crippen LogP contribution in [0.25, 0.3) is 55.4 Å². The summed E-state index contributed by atoms with van der Waals surface area (Å²) in [6.07, 6.45) is 2.19. The highest BCUT2D eigenvalue weighted by Crippen LogP contribution is 2.39. The Kier molecular flexibility index (Phi) is 5.65. The SMILES string of the molecule is Cc1ccc2c(oc3ccc(-c4nc(C(C)(C)C)cc(C(C)(C)C)n4)cc32)c1-c1cc2ccccc2c[n+]1C. The average Bonchev–Trinajstić information content (AvgIpc) is 3.25. The van der Waals surface area contributed by atoms with Gasteiger partial charge in [0.05, 0.1) is 17.0 Å². The van der Waals surface area contributed by atoms with Gasteiger partial charge >= 0.3 is 0 Å². The van der Waals surface area contributed by atoms with Crippen LogP contribution in [0.5, 0.6) is 0 Å². The Bertz CT molecular complexity index is 1870. The molecule has 39 heavy (non-hydrogen) atoms. The number of aryl methyl sites for hydroxylation is 2. The van der Waals surface area contributed by atoms with E-state index in [1.165, 1.54) is 16.3 Å². The standard InChI is InChI=1S/C35H36N3O/c1-21-13-15-25-26-17-23(33-36-29(34(2,3)4)19-30(37-33)35(5,6)7)14-16-28(26)39-32(25)31(21)27-18-22-11-9-10-12-24(22)20-38(27)8/h9-20H,1-8H3/q+1. The van der Waals surface area contributed by atoms with Crippen molar-refractivity contribution in [3.05, 3.63) is 89.9 Å². The third kappa shape index (κ3) is 4.38. The van der Waals surface area contributed by atoms with Crippen molar-refractivity contribution in [1.29, 1.82) is 0 Å². The number of fused-ring (bicyclic) bond motifs is 4. The second-order valence-electron chi connectivity index (χ2n) is 12.8. The van der Waals surface area contributed by atoms with E-state index in [1.807, 2.05) is 0 Å². The van der Waals surface area contributed by atoms with E-state index in [4.69, 9.17) is 14.4 Å². The lowest BCUT2D eigenvalue weighted by molar-refractivity contribution is -0.659. The van der Waals surface area contributed by atoms with Crippen molar-refractivity contribution in [2.75, 3.05) is 0 Å². The molecule has 3 aromatic heterocycles. The quantitative estimate of drug-likeness (QED) is 0.217.